The molecule has 0 bridgehead atoms. The lowest BCUT2D eigenvalue weighted by molar-refractivity contribution is -0.118. The number of allylic oxidation sites excluding steroid dienone is 2. The van der Waals surface area contributed by atoms with Crippen LogP contribution in [0.2, 0.25) is 5.02 Å². The van der Waals surface area contributed by atoms with Crippen molar-refractivity contribution in [2.75, 3.05) is 14.2 Å². The number of Topliss-reactive ketones (excluding diaryl/α,β-unsaturated/α-hetero) is 1. The quantitative estimate of drug-likeness (QED) is 0.682. The van der Waals surface area contributed by atoms with Gasteiger partial charge >= 0.3 is 0 Å². The molecule has 1 heterocycles. The molecule has 0 radical (unpaired) electrons. The molecule has 0 saturated carbocycles. The summed E-state index contributed by atoms with van der Waals surface area (Å²) in [5.74, 6) is -1.62. The molecule has 3 N–H and O–H groups in total. The molecule has 1 aromatic carbocycles. The minimum Gasteiger partial charge on any atom is -0.507 e. The molecule has 1 aliphatic heterocycles. The lowest BCUT2D eigenvalue weighted by Crippen LogP contribution is -2.51. The molecule has 1 spiro atoms. The fraction of sp³-hybridized carbons (Fsp3) is 0.316. The summed E-state index contributed by atoms with van der Waals surface area (Å²) in [4.78, 5) is 25.0. The zero-order valence-corrected chi connectivity index (χ0v) is 15.8. The van der Waals surface area contributed by atoms with Crippen LogP contribution in [-0.2, 0) is 4.79 Å². The largest absolute Gasteiger partial charge is 0.507 e. The van der Waals surface area contributed by atoms with E-state index in [1.54, 1.807) is 20.2 Å². The Balaban J connectivity index is 2.20. The molecule has 0 aromatic heterocycles. The van der Waals surface area contributed by atoms with Crippen LogP contribution in [0.15, 0.2) is 30.2 Å². The number of aliphatic hydroxyl groups is 1. The van der Waals surface area contributed by atoms with Gasteiger partial charge in [-0.3, -0.25) is 9.59 Å². The highest BCUT2D eigenvalue weighted by Gasteiger charge is 2.59. The number of hydrogen-bond acceptors (Lipinski definition) is 7. The summed E-state index contributed by atoms with van der Waals surface area (Å²) < 4.78 is 11.3. The fourth-order valence-corrected chi connectivity index (χ4v) is 3.73. The third-order valence-corrected chi connectivity index (χ3v) is 5.19. The van der Waals surface area contributed by atoms with E-state index in [-0.39, 0.29) is 40.0 Å². The van der Waals surface area contributed by atoms with E-state index in [1.165, 1.54) is 19.3 Å². The average Bonchev–Trinajstić information content (AvgIpc) is 2.94. The van der Waals surface area contributed by atoms with Gasteiger partial charge in [0.2, 0.25) is 11.4 Å². The van der Waals surface area contributed by atoms with Gasteiger partial charge in [0, 0.05) is 31.0 Å². The first-order valence-corrected chi connectivity index (χ1v) is 8.66. The van der Waals surface area contributed by atoms with Crippen LogP contribution in [0.4, 0.5) is 0 Å². The Morgan fingerprint density at radius 3 is 2.81 bits per heavy atom. The number of ether oxygens (including phenoxy) is 2. The van der Waals surface area contributed by atoms with E-state index in [4.69, 9.17) is 26.5 Å². The van der Waals surface area contributed by atoms with E-state index >= 15 is 0 Å². The second kappa shape index (κ2) is 6.74. The zero-order valence-electron chi connectivity index (χ0n) is 15.1. The number of carbonyl (C=O) groups is 2. The summed E-state index contributed by atoms with van der Waals surface area (Å²) >= 11 is 6.45. The Bertz CT molecular complexity index is 921. The van der Waals surface area contributed by atoms with Gasteiger partial charge in [0.1, 0.15) is 17.1 Å². The molecule has 1 aromatic rings. The molecule has 2 aliphatic rings. The topological polar surface area (TPSA) is 109 Å². The van der Waals surface area contributed by atoms with Crippen molar-refractivity contribution in [1.29, 1.82) is 5.41 Å². The van der Waals surface area contributed by atoms with Crippen LogP contribution in [0.1, 0.15) is 29.3 Å². The average molecular weight is 391 g/mol. The zero-order chi connectivity index (χ0) is 19.9. The molecular weight excluding hydrogens is 372 g/mol. The molecule has 0 amide bonds. The predicted octanol–water partition coefficient (Wildman–Crippen LogP) is 2.81. The number of carbonyl (C=O) groups excluding carboxylic acids is 2. The lowest BCUT2D eigenvalue weighted by Gasteiger charge is -2.34. The van der Waals surface area contributed by atoms with Crippen molar-refractivity contribution in [2.45, 2.75) is 18.9 Å². The monoisotopic (exact) mass is 390 g/mol. The lowest BCUT2D eigenvalue weighted by atomic mass is 9.75. The summed E-state index contributed by atoms with van der Waals surface area (Å²) in [5, 5.41) is 21.5. The van der Waals surface area contributed by atoms with Crippen molar-refractivity contribution in [3.8, 4) is 11.5 Å². The molecule has 3 rings (SSSR count). The van der Waals surface area contributed by atoms with Crippen molar-refractivity contribution < 1.29 is 24.2 Å². The maximum atomic E-state index is 13.2. The number of benzene rings is 1. The molecule has 2 atom stereocenters. The summed E-state index contributed by atoms with van der Waals surface area (Å²) in [5.41, 5.74) is -1.22. The molecule has 0 unspecified atom stereocenters. The van der Waals surface area contributed by atoms with E-state index < -0.39 is 23.1 Å². The first-order chi connectivity index (χ1) is 12.8. The maximum absolute atomic E-state index is 13.2. The number of aliphatic hydroxyl groups excluding tert-OH is 1. The van der Waals surface area contributed by atoms with Crippen LogP contribution >= 0.6 is 11.6 Å². The van der Waals surface area contributed by atoms with Crippen molar-refractivity contribution in [1.82, 2.24) is 5.32 Å². The van der Waals surface area contributed by atoms with Gasteiger partial charge < -0.3 is 25.3 Å². The van der Waals surface area contributed by atoms with Crippen LogP contribution in [0.5, 0.6) is 11.5 Å². The number of rotatable bonds is 4. The molecule has 27 heavy (non-hydrogen) atoms. The number of nitrogens with one attached hydrogen (secondary N) is 2. The standard InChI is InChI=1S/C19H19ClN2O5/c1-9-6-10(23)7-14(24)19(9)18(25)15-13(26-3)8-11(12(21)4-5-22-2)16(20)17(15)27-19/h4-5,7-9,21-22,24H,6H2,1-3H3/b5-4-,21-12?/t9-,19+/m1/s1. The molecule has 8 heteroatoms. The predicted molar refractivity (Wildman–Crippen MR) is 100 cm³/mol. The Morgan fingerprint density at radius 1 is 1.52 bits per heavy atom. The SMILES string of the molecule is CN/C=C\C(=N)c1cc(OC)c2c(c1Cl)O[C@]1(C2=O)C(O)=CC(=O)C[C@H]1C. The molecule has 1 aliphatic carbocycles. The summed E-state index contributed by atoms with van der Waals surface area (Å²) in [6, 6.07) is 1.49. The first kappa shape index (κ1) is 19.0. The molecule has 7 nitrogen and oxygen atoms in total. The highest BCUT2D eigenvalue weighted by molar-refractivity contribution is 6.37. The fourth-order valence-electron chi connectivity index (χ4n) is 3.44. The van der Waals surface area contributed by atoms with Crippen LogP contribution in [0, 0.1) is 11.3 Å². The van der Waals surface area contributed by atoms with Crippen LogP contribution < -0.4 is 14.8 Å². The van der Waals surface area contributed by atoms with E-state index in [2.05, 4.69) is 5.32 Å². The smallest absolute Gasteiger partial charge is 0.230 e. The van der Waals surface area contributed by atoms with Gasteiger partial charge in [0.15, 0.2) is 11.5 Å². The number of ketones is 2. The molecule has 142 valence electrons. The van der Waals surface area contributed by atoms with E-state index in [0.29, 0.717) is 5.56 Å². The van der Waals surface area contributed by atoms with Gasteiger partial charge in [0.05, 0.1) is 17.8 Å². The molecule has 0 fully saturated rings. The second-order valence-corrected chi connectivity index (χ2v) is 6.83. The molecule has 0 saturated heterocycles. The second-order valence-electron chi connectivity index (χ2n) is 6.45. The van der Waals surface area contributed by atoms with Gasteiger partial charge in [-0.25, -0.2) is 0 Å². The minimum atomic E-state index is -1.71. The number of fused-ring (bicyclic) bond motifs is 1. The first-order valence-electron chi connectivity index (χ1n) is 8.28. The number of hydrogen-bond donors (Lipinski definition) is 3. The van der Waals surface area contributed by atoms with Crippen LogP contribution in [-0.4, -0.2) is 42.1 Å². The summed E-state index contributed by atoms with van der Waals surface area (Å²) in [6.45, 7) is 1.66. The van der Waals surface area contributed by atoms with Gasteiger partial charge in [-0.2, -0.15) is 0 Å². The van der Waals surface area contributed by atoms with E-state index in [9.17, 15) is 14.7 Å². The summed E-state index contributed by atoms with van der Waals surface area (Å²) in [6.07, 6.45) is 4.13. The van der Waals surface area contributed by atoms with Crippen LogP contribution in [0.3, 0.4) is 0 Å². The number of methoxy groups -OCH3 is 1. The number of halogens is 1. The van der Waals surface area contributed by atoms with Crippen molar-refractivity contribution in [3.05, 3.63) is 46.3 Å². The van der Waals surface area contributed by atoms with Crippen molar-refractivity contribution in [2.24, 2.45) is 5.92 Å². The highest BCUT2D eigenvalue weighted by atomic mass is 35.5. The van der Waals surface area contributed by atoms with Crippen molar-refractivity contribution >= 4 is 28.9 Å². The van der Waals surface area contributed by atoms with Crippen molar-refractivity contribution in [3.63, 3.8) is 0 Å². The van der Waals surface area contributed by atoms with Gasteiger partial charge in [-0.1, -0.05) is 18.5 Å². The maximum Gasteiger partial charge on any atom is 0.230 e. The Hall–Kier alpha value is -2.80. The van der Waals surface area contributed by atoms with Gasteiger partial charge in [0.25, 0.3) is 0 Å². The highest BCUT2D eigenvalue weighted by Crippen LogP contribution is 2.52. The molecular formula is C19H19ClN2O5. The van der Waals surface area contributed by atoms with Crippen LogP contribution in [0.25, 0.3) is 0 Å². The van der Waals surface area contributed by atoms with Gasteiger partial charge in [-0.05, 0) is 18.3 Å². The Morgan fingerprint density at radius 2 is 2.22 bits per heavy atom. The van der Waals surface area contributed by atoms with E-state index in [1.807, 2.05) is 0 Å². The van der Waals surface area contributed by atoms with E-state index in [0.717, 1.165) is 6.08 Å². The van der Waals surface area contributed by atoms with Gasteiger partial charge in [-0.15, -0.1) is 0 Å². The minimum absolute atomic E-state index is 0.0415. The third-order valence-electron chi connectivity index (χ3n) is 4.82. The normalized spacial score (nSPS) is 24.0. The Labute approximate surface area is 161 Å². The Kier molecular flexibility index (Phi) is 4.73. The third kappa shape index (κ3) is 2.70. The summed E-state index contributed by atoms with van der Waals surface area (Å²) in [7, 11) is 3.09.